The van der Waals surface area contributed by atoms with Crippen LogP contribution in [0.25, 0.3) is 0 Å². The van der Waals surface area contributed by atoms with Crippen molar-refractivity contribution in [3.8, 4) is 0 Å². The highest BCUT2D eigenvalue weighted by Gasteiger charge is 2.10. The van der Waals surface area contributed by atoms with Crippen LogP contribution in [0.4, 0.5) is 5.69 Å². The number of nitrogen functional groups attached to an aromatic ring is 1. The largest absolute Gasteiger partial charge is 0.398 e. The molecule has 0 heterocycles. The number of nitrogens with two attached hydrogens (primary N) is 1. The predicted molar refractivity (Wildman–Crippen MR) is 75.1 cm³/mol. The van der Waals surface area contributed by atoms with Crippen LogP contribution < -0.4 is 11.1 Å². The highest BCUT2D eigenvalue weighted by molar-refractivity contribution is 5.78. The number of para-hydroxylation sites is 1. The average Bonchev–Trinajstić information content (AvgIpc) is 2.38. The molecule has 0 aliphatic rings. The zero-order valence-electron chi connectivity index (χ0n) is 11.3. The summed E-state index contributed by atoms with van der Waals surface area (Å²) in [6.07, 6.45) is 0.962. The second kappa shape index (κ2) is 7.71. The van der Waals surface area contributed by atoms with E-state index in [2.05, 4.69) is 10.2 Å². The van der Waals surface area contributed by atoms with Gasteiger partial charge in [0.2, 0.25) is 5.91 Å². The van der Waals surface area contributed by atoms with Gasteiger partial charge < -0.3 is 11.1 Å². The van der Waals surface area contributed by atoms with Crippen LogP contribution in [0.1, 0.15) is 25.8 Å². The number of amides is 1. The van der Waals surface area contributed by atoms with Crippen molar-refractivity contribution >= 4 is 11.6 Å². The highest BCUT2D eigenvalue weighted by Crippen LogP contribution is 2.12. The fourth-order valence-electron chi connectivity index (χ4n) is 1.72. The molecule has 100 valence electrons. The van der Waals surface area contributed by atoms with Gasteiger partial charge in [-0.05, 0) is 24.6 Å². The summed E-state index contributed by atoms with van der Waals surface area (Å²) in [7, 11) is 0. The predicted octanol–water partition coefficient (Wildman–Crippen LogP) is 1.62. The van der Waals surface area contributed by atoms with Crippen LogP contribution in [-0.4, -0.2) is 30.4 Å². The van der Waals surface area contributed by atoms with Crippen molar-refractivity contribution < 1.29 is 4.79 Å². The first kappa shape index (κ1) is 14.5. The van der Waals surface area contributed by atoms with E-state index in [1.165, 1.54) is 0 Å². The Labute approximate surface area is 109 Å². The molecule has 3 N–H and O–H groups in total. The molecule has 0 fully saturated rings. The van der Waals surface area contributed by atoms with E-state index in [4.69, 9.17) is 5.73 Å². The molecule has 1 amide bonds. The maximum absolute atomic E-state index is 11.7. The number of nitrogens with zero attached hydrogens (tertiary/aromatic N) is 1. The standard InChI is InChI=1S/C14H23N3O/c1-3-9-16-14(18)11-17(4-2)10-12-7-5-6-8-13(12)15/h5-8H,3-4,9-11,15H2,1-2H3,(H,16,18). The monoisotopic (exact) mass is 249 g/mol. The Bertz CT molecular complexity index is 379. The van der Waals surface area contributed by atoms with Gasteiger partial charge in [-0.3, -0.25) is 9.69 Å². The quantitative estimate of drug-likeness (QED) is 0.722. The number of likely N-dealkylation sites (N-methyl/N-ethyl adjacent to an activating group) is 1. The third kappa shape index (κ3) is 4.75. The first-order chi connectivity index (χ1) is 8.67. The summed E-state index contributed by atoms with van der Waals surface area (Å²) in [4.78, 5) is 13.7. The summed E-state index contributed by atoms with van der Waals surface area (Å²) in [6.45, 7) is 6.79. The molecule has 0 atom stereocenters. The van der Waals surface area contributed by atoms with Crippen molar-refractivity contribution in [1.29, 1.82) is 0 Å². The molecule has 0 aliphatic carbocycles. The Morgan fingerprint density at radius 2 is 2.06 bits per heavy atom. The van der Waals surface area contributed by atoms with Gasteiger partial charge in [0.05, 0.1) is 6.54 Å². The molecule has 1 aromatic carbocycles. The molecule has 0 saturated carbocycles. The number of hydrogen-bond acceptors (Lipinski definition) is 3. The third-order valence-electron chi connectivity index (χ3n) is 2.84. The van der Waals surface area contributed by atoms with Crippen molar-refractivity contribution in [3.05, 3.63) is 29.8 Å². The van der Waals surface area contributed by atoms with Gasteiger partial charge in [-0.25, -0.2) is 0 Å². The second-order valence-electron chi connectivity index (χ2n) is 4.35. The molecular weight excluding hydrogens is 226 g/mol. The normalized spacial score (nSPS) is 10.6. The van der Waals surface area contributed by atoms with E-state index < -0.39 is 0 Å². The topological polar surface area (TPSA) is 58.4 Å². The molecule has 4 heteroatoms. The molecule has 0 aliphatic heterocycles. The minimum absolute atomic E-state index is 0.0770. The molecule has 1 aromatic rings. The van der Waals surface area contributed by atoms with Gasteiger partial charge in [-0.1, -0.05) is 32.0 Å². The smallest absolute Gasteiger partial charge is 0.234 e. The fourth-order valence-corrected chi connectivity index (χ4v) is 1.72. The zero-order chi connectivity index (χ0) is 13.4. The van der Waals surface area contributed by atoms with Crippen molar-refractivity contribution in [2.75, 3.05) is 25.4 Å². The minimum Gasteiger partial charge on any atom is -0.398 e. The van der Waals surface area contributed by atoms with Gasteiger partial charge in [0.15, 0.2) is 0 Å². The molecule has 0 radical (unpaired) electrons. The summed E-state index contributed by atoms with van der Waals surface area (Å²) in [6, 6.07) is 7.78. The Hall–Kier alpha value is -1.55. The van der Waals surface area contributed by atoms with Crippen molar-refractivity contribution in [1.82, 2.24) is 10.2 Å². The summed E-state index contributed by atoms with van der Waals surface area (Å²) in [5.74, 6) is 0.0770. The first-order valence-electron chi connectivity index (χ1n) is 6.49. The molecule has 0 aromatic heterocycles. The maximum Gasteiger partial charge on any atom is 0.234 e. The van der Waals surface area contributed by atoms with E-state index in [0.29, 0.717) is 13.1 Å². The van der Waals surface area contributed by atoms with Crippen LogP contribution in [0.3, 0.4) is 0 Å². The lowest BCUT2D eigenvalue weighted by Crippen LogP contribution is -2.37. The van der Waals surface area contributed by atoms with Gasteiger partial charge in [0.1, 0.15) is 0 Å². The number of anilines is 1. The van der Waals surface area contributed by atoms with Gasteiger partial charge in [0.25, 0.3) is 0 Å². The number of benzene rings is 1. The van der Waals surface area contributed by atoms with E-state index in [-0.39, 0.29) is 5.91 Å². The van der Waals surface area contributed by atoms with Crippen LogP contribution in [-0.2, 0) is 11.3 Å². The highest BCUT2D eigenvalue weighted by atomic mass is 16.2. The Morgan fingerprint density at radius 1 is 1.33 bits per heavy atom. The lowest BCUT2D eigenvalue weighted by molar-refractivity contribution is -0.122. The summed E-state index contributed by atoms with van der Waals surface area (Å²) < 4.78 is 0. The number of nitrogens with one attached hydrogen (secondary N) is 1. The summed E-state index contributed by atoms with van der Waals surface area (Å²) >= 11 is 0. The Balaban J connectivity index is 2.52. The maximum atomic E-state index is 11.7. The summed E-state index contributed by atoms with van der Waals surface area (Å²) in [5, 5.41) is 2.89. The lowest BCUT2D eigenvalue weighted by atomic mass is 10.1. The molecule has 18 heavy (non-hydrogen) atoms. The molecular formula is C14H23N3O. The van der Waals surface area contributed by atoms with Crippen LogP contribution >= 0.6 is 0 Å². The van der Waals surface area contributed by atoms with Crippen LogP contribution in [0.2, 0.25) is 0 Å². The number of rotatable bonds is 7. The van der Waals surface area contributed by atoms with Gasteiger partial charge in [-0.15, -0.1) is 0 Å². The lowest BCUT2D eigenvalue weighted by Gasteiger charge is -2.20. The van der Waals surface area contributed by atoms with Crippen molar-refractivity contribution in [2.24, 2.45) is 0 Å². The Morgan fingerprint density at radius 3 is 2.67 bits per heavy atom. The van der Waals surface area contributed by atoms with Crippen LogP contribution in [0, 0.1) is 0 Å². The third-order valence-corrected chi connectivity index (χ3v) is 2.84. The number of carbonyl (C=O) groups excluding carboxylic acids is 1. The van der Waals surface area contributed by atoms with Crippen LogP contribution in [0.5, 0.6) is 0 Å². The molecule has 1 rings (SSSR count). The molecule has 0 saturated heterocycles. The van der Waals surface area contributed by atoms with E-state index in [9.17, 15) is 4.79 Å². The molecule has 0 bridgehead atoms. The van der Waals surface area contributed by atoms with E-state index in [1.807, 2.05) is 38.1 Å². The molecule has 4 nitrogen and oxygen atoms in total. The second-order valence-corrected chi connectivity index (χ2v) is 4.35. The van der Waals surface area contributed by atoms with Gasteiger partial charge >= 0.3 is 0 Å². The zero-order valence-corrected chi connectivity index (χ0v) is 11.3. The summed E-state index contributed by atoms with van der Waals surface area (Å²) in [5.41, 5.74) is 7.76. The van der Waals surface area contributed by atoms with Crippen molar-refractivity contribution in [3.63, 3.8) is 0 Å². The number of hydrogen-bond donors (Lipinski definition) is 2. The minimum atomic E-state index is 0.0770. The molecule has 0 spiro atoms. The number of carbonyl (C=O) groups is 1. The SMILES string of the molecule is CCCNC(=O)CN(CC)Cc1ccccc1N. The van der Waals surface area contributed by atoms with E-state index in [0.717, 1.165) is 30.8 Å². The van der Waals surface area contributed by atoms with Crippen molar-refractivity contribution in [2.45, 2.75) is 26.8 Å². The average molecular weight is 249 g/mol. The van der Waals surface area contributed by atoms with Crippen LogP contribution in [0.15, 0.2) is 24.3 Å². The fraction of sp³-hybridized carbons (Fsp3) is 0.500. The van der Waals surface area contributed by atoms with E-state index in [1.54, 1.807) is 0 Å². The first-order valence-corrected chi connectivity index (χ1v) is 6.49. The Kier molecular flexibility index (Phi) is 6.22. The van der Waals surface area contributed by atoms with Gasteiger partial charge in [-0.2, -0.15) is 0 Å². The molecule has 0 unspecified atom stereocenters. The van der Waals surface area contributed by atoms with E-state index >= 15 is 0 Å². The van der Waals surface area contributed by atoms with Gasteiger partial charge in [0, 0.05) is 18.8 Å².